The number of carbonyl (C=O) groups excluding carboxylic acids is 1. The lowest BCUT2D eigenvalue weighted by Gasteiger charge is -2.46. The molecule has 2 heterocycles. The Morgan fingerprint density at radius 1 is 0.976 bits per heavy atom. The summed E-state index contributed by atoms with van der Waals surface area (Å²) in [5.41, 5.74) is 1.69. The molecule has 2 aliphatic heterocycles. The molecule has 0 radical (unpaired) electrons. The molecule has 1 aromatic carbocycles. The Morgan fingerprint density at radius 2 is 1.71 bits per heavy atom. The van der Waals surface area contributed by atoms with Gasteiger partial charge in [0.25, 0.3) is 0 Å². The largest absolute Gasteiger partial charge is 0.493 e. The SMILES string of the molecule is COc1ccc(C2=CC=CC(OC(C)C)([C@@H]3C(CCN4CCN(C5CCCCC5)CC4)CCN3C(C)=O)C2)cc1OC. The molecule has 42 heavy (non-hydrogen) atoms. The quantitative estimate of drug-likeness (QED) is 0.350. The molecule has 2 unspecified atom stereocenters. The highest BCUT2D eigenvalue weighted by molar-refractivity contribution is 5.75. The maximum atomic E-state index is 13.1. The Labute approximate surface area is 253 Å². The van der Waals surface area contributed by atoms with Gasteiger partial charge in [-0.25, -0.2) is 0 Å². The van der Waals surface area contributed by atoms with Gasteiger partial charge >= 0.3 is 0 Å². The van der Waals surface area contributed by atoms with Crippen LogP contribution in [0.15, 0.2) is 36.4 Å². The molecule has 232 valence electrons. The van der Waals surface area contributed by atoms with Gasteiger partial charge in [0, 0.05) is 52.1 Å². The van der Waals surface area contributed by atoms with E-state index in [1.807, 2.05) is 12.1 Å². The topological polar surface area (TPSA) is 54.5 Å². The van der Waals surface area contributed by atoms with Crippen LogP contribution in [-0.2, 0) is 9.53 Å². The zero-order chi connectivity index (χ0) is 29.7. The Kier molecular flexibility index (Phi) is 10.3. The normalized spacial score (nSPS) is 27.9. The average Bonchev–Trinajstić information content (AvgIpc) is 3.45. The van der Waals surface area contributed by atoms with E-state index in [4.69, 9.17) is 14.2 Å². The number of methoxy groups -OCH3 is 2. The van der Waals surface area contributed by atoms with Crippen LogP contribution >= 0.6 is 0 Å². The number of ether oxygens (including phenoxy) is 3. The summed E-state index contributed by atoms with van der Waals surface area (Å²) < 4.78 is 18.0. The van der Waals surface area contributed by atoms with E-state index in [0.717, 1.165) is 56.4 Å². The van der Waals surface area contributed by atoms with E-state index in [1.54, 1.807) is 21.1 Å². The van der Waals surface area contributed by atoms with Gasteiger partial charge in [-0.3, -0.25) is 9.69 Å². The summed E-state index contributed by atoms with van der Waals surface area (Å²) in [5, 5.41) is 0. The Morgan fingerprint density at radius 3 is 2.38 bits per heavy atom. The smallest absolute Gasteiger partial charge is 0.219 e. The molecule has 0 spiro atoms. The zero-order valence-electron chi connectivity index (χ0n) is 26.6. The van der Waals surface area contributed by atoms with Crippen molar-refractivity contribution < 1.29 is 19.0 Å². The molecule has 2 aliphatic carbocycles. The first kappa shape index (κ1) is 31.1. The Hall–Kier alpha value is -2.35. The third-order valence-corrected chi connectivity index (χ3v) is 10.1. The predicted molar refractivity (Wildman–Crippen MR) is 169 cm³/mol. The van der Waals surface area contributed by atoms with Gasteiger partial charge in [-0.1, -0.05) is 43.6 Å². The van der Waals surface area contributed by atoms with Crippen molar-refractivity contribution in [2.24, 2.45) is 5.92 Å². The maximum absolute atomic E-state index is 13.1. The molecule has 4 aliphatic rings. The van der Waals surface area contributed by atoms with Gasteiger partial charge in [-0.2, -0.15) is 0 Å². The van der Waals surface area contributed by atoms with Gasteiger partial charge in [0.05, 0.1) is 26.4 Å². The van der Waals surface area contributed by atoms with Gasteiger partial charge in [-0.05, 0) is 75.3 Å². The first-order valence-electron chi connectivity index (χ1n) is 16.4. The lowest BCUT2D eigenvalue weighted by Crippen LogP contribution is -2.56. The maximum Gasteiger partial charge on any atom is 0.219 e. The van der Waals surface area contributed by atoms with E-state index in [1.165, 1.54) is 50.8 Å². The van der Waals surface area contributed by atoms with Gasteiger partial charge in [0.1, 0.15) is 5.60 Å². The van der Waals surface area contributed by atoms with E-state index in [-0.39, 0.29) is 18.1 Å². The van der Waals surface area contributed by atoms with Crippen molar-refractivity contribution >= 4 is 11.5 Å². The van der Waals surface area contributed by atoms with E-state index in [9.17, 15) is 4.79 Å². The van der Waals surface area contributed by atoms with Crippen LogP contribution in [0, 0.1) is 5.92 Å². The summed E-state index contributed by atoms with van der Waals surface area (Å²) >= 11 is 0. The van der Waals surface area contributed by atoms with E-state index in [2.05, 4.69) is 52.8 Å². The second-order valence-corrected chi connectivity index (χ2v) is 13.1. The molecule has 0 N–H and O–H groups in total. The second-order valence-electron chi connectivity index (χ2n) is 13.1. The van der Waals surface area contributed by atoms with Crippen LogP contribution in [0.2, 0.25) is 0 Å². The summed E-state index contributed by atoms with van der Waals surface area (Å²) in [6, 6.07) is 6.91. The van der Waals surface area contributed by atoms with Crippen molar-refractivity contribution in [3.63, 3.8) is 0 Å². The van der Waals surface area contributed by atoms with Crippen molar-refractivity contribution in [3.05, 3.63) is 42.0 Å². The highest BCUT2D eigenvalue weighted by Gasteiger charge is 2.51. The van der Waals surface area contributed by atoms with Gasteiger partial charge in [0.2, 0.25) is 5.91 Å². The minimum Gasteiger partial charge on any atom is -0.493 e. The third-order valence-electron chi connectivity index (χ3n) is 10.1. The molecule has 5 rings (SSSR count). The Bertz CT molecular complexity index is 1120. The number of allylic oxidation sites excluding steroid dienone is 2. The number of benzene rings is 1. The van der Waals surface area contributed by atoms with Crippen molar-refractivity contribution in [1.29, 1.82) is 0 Å². The number of likely N-dealkylation sites (tertiary alicyclic amines) is 1. The van der Waals surface area contributed by atoms with Crippen LogP contribution in [0.25, 0.3) is 5.57 Å². The Balaban J connectivity index is 1.32. The minimum absolute atomic E-state index is 0.000946. The van der Waals surface area contributed by atoms with Gasteiger partial charge in [0.15, 0.2) is 11.5 Å². The number of rotatable bonds is 10. The van der Waals surface area contributed by atoms with Crippen LogP contribution in [0.1, 0.15) is 77.7 Å². The van der Waals surface area contributed by atoms with Gasteiger partial charge < -0.3 is 24.0 Å². The van der Waals surface area contributed by atoms with Crippen LogP contribution in [0.3, 0.4) is 0 Å². The number of hydrogen-bond donors (Lipinski definition) is 0. The highest BCUT2D eigenvalue weighted by atomic mass is 16.5. The minimum atomic E-state index is -0.585. The first-order valence-corrected chi connectivity index (χ1v) is 16.4. The lowest BCUT2D eigenvalue weighted by molar-refractivity contribution is -0.141. The van der Waals surface area contributed by atoms with Crippen molar-refractivity contribution in [2.75, 3.05) is 53.5 Å². The number of hydrogen-bond acceptors (Lipinski definition) is 6. The molecule has 1 amide bonds. The molecule has 3 fully saturated rings. The number of nitrogens with zero attached hydrogens (tertiary/aromatic N) is 3. The molecular weight excluding hydrogens is 526 g/mol. The highest BCUT2D eigenvalue weighted by Crippen LogP contribution is 2.45. The molecule has 7 nitrogen and oxygen atoms in total. The van der Waals surface area contributed by atoms with Crippen molar-refractivity contribution in [2.45, 2.75) is 95.9 Å². The molecule has 1 saturated carbocycles. The molecule has 7 heteroatoms. The standard InChI is InChI=1S/C35H53N3O4/c1-26(2)42-35(17-9-10-30(25-35)29-13-14-32(40-4)33(24-29)41-5)34-28(16-19-38(34)27(3)39)15-18-36-20-22-37(23-21-36)31-11-7-6-8-12-31/h9-10,13-14,17,24,26,28,31,34H,6-8,11-12,15-16,18-23,25H2,1-5H3/t28?,34-,35?/m0/s1. The van der Waals surface area contributed by atoms with Crippen molar-refractivity contribution in [1.82, 2.24) is 14.7 Å². The zero-order valence-corrected chi connectivity index (χ0v) is 26.6. The molecule has 2 saturated heterocycles. The molecule has 1 aromatic rings. The predicted octanol–water partition coefficient (Wildman–Crippen LogP) is 5.79. The van der Waals surface area contributed by atoms with Crippen LogP contribution in [-0.4, -0.2) is 97.9 Å². The molecule has 0 aromatic heterocycles. The fourth-order valence-electron chi connectivity index (χ4n) is 8.09. The number of piperazine rings is 1. The molecule has 0 bridgehead atoms. The molecule has 3 atom stereocenters. The number of amides is 1. The average molecular weight is 580 g/mol. The fraction of sp³-hybridized carbons (Fsp3) is 0.686. The van der Waals surface area contributed by atoms with Gasteiger partial charge in [-0.15, -0.1) is 0 Å². The van der Waals surface area contributed by atoms with Crippen LogP contribution in [0.4, 0.5) is 0 Å². The van der Waals surface area contributed by atoms with Crippen molar-refractivity contribution in [3.8, 4) is 11.5 Å². The van der Waals surface area contributed by atoms with Crippen LogP contribution < -0.4 is 9.47 Å². The third kappa shape index (κ3) is 6.89. The lowest BCUT2D eigenvalue weighted by atomic mass is 9.75. The fourth-order valence-corrected chi connectivity index (χ4v) is 8.09. The summed E-state index contributed by atoms with van der Waals surface area (Å²) in [5.74, 6) is 1.97. The first-order chi connectivity index (χ1) is 20.3. The van der Waals surface area contributed by atoms with E-state index in [0.29, 0.717) is 18.1 Å². The summed E-state index contributed by atoms with van der Waals surface area (Å²) in [6.07, 6.45) is 16.4. The van der Waals surface area contributed by atoms with E-state index < -0.39 is 5.60 Å². The number of carbonyl (C=O) groups is 1. The second kappa shape index (κ2) is 14.0. The molecular formula is C35H53N3O4. The summed E-state index contributed by atoms with van der Waals surface area (Å²) in [4.78, 5) is 20.6. The van der Waals surface area contributed by atoms with E-state index >= 15 is 0 Å². The summed E-state index contributed by atoms with van der Waals surface area (Å²) in [7, 11) is 3.33. The monoisotopic (exact) mass is 579 g/mol. The van der Waals surface area contributed by atoms with Crippen LogP contribution in [0.5, 0.6) is 11.5 Å². The summed E-state index contributed by atoms with van der Waals surface area (Å²) in [6.45, 7) is 12.5.